The summed E-state index contributed by atoms with van der Waals surface area (Å²) >= 11 is 0. The maximum atomic E-state index is 11.1. The van der Waals surface area contributed by atoms with Crippen LogP contribution in [0.1, 0.15) is 6.92 Å². The van der Waals surface area contributed by atoms with Crippen molar-refractivity contribution in [2.75, 3.05) is 18.5 Å². The number of hydrogen-bond acceptors (Lipinski definition) is 12. The standard InChI is InChI=1S/C20H29NO12/c1-8(24)21-9-2-4-10(5-3-9)30-19-17(29)15(27)18(12(7-23)32-19)33-20-16(28)14(26)13(25)11(6-22)31-20/h2-5,11-20,22-23,25-29H,6-7H2,1H3,(H,21,24)/t11-,12-,13-,14+,15-,16-,17+,18-,19+,20-/m1/s1. The van der Waals surface area contributed by atoms with Gasteiger partial charge < -0.3 is 60.0 Å². The number of ether oxygens (including phenoxy) is 4. The number of anilines is 1. The number of carbonyl (C=O) groups excluding carboxylic acids is 1. The average Bonchev–Trinajstić information content (AvgIpc) is 2.79. The molecule has 0 aromatic heterocycles. The van der Waals surface area contributed by atoms with E-state index in [4.69, 9.17) is 18.9 Å². The van der Waals surface area contributed by atoms with Crippen LogP contribution in [0.4, 0.5) is 5.69 Å². The van der Waals surface area contributed by atoms with Crippen LogP contribution in [0.3, 0.4) is 0 Å². The van der Waals surface area contributed by atoms with Gasteiger partial charge in [-0.25, -0.2) is 0 Å². The molecule has 2 saturated heterocycles. The summed E-state index contributed by atoms with van der Waals surface area (Å²) in [6, 6.07) is 6.10. The molecule has 13 heteroatoms. The fraction of sp³-hybridized carbons (Fsp3) is 0.650. The highest BCUT2D eigenvalue weighted by Crippen LogP contribution is 2.30. The highest BCUT2D eigenvalue weighted by Gasteiger charge is 2.51. The quantitative estimate of drug-likeness (QED) is 0.195. The van der Waals surface area contributed by atoms with Gasteiger partial charge in [0.25, 0.3) is 0 Å². The van der Waals surface area contributed by atoms with Gasteiger partial charge in [0, 0.05) is 12.6 Å². The molecule has 1 aromatic rings. The zero-order valence-corrected chi connectivity index (χ0v) is 17.7. The normalized spacial score (nSPS) is 39.2. The van der Waals surface area contributed by atoms with Crippen molar-refractivity contribution in [3.05, 3.63) is 24.3 Å². The van der Waals surface area contributed by atoms with E-state index in [1.165, 1.54) is 19.1 Å². The fourth-order valence-corrected chi connectivity index (χ4v) is 3.61. The highest BCUT2D eigenvalue weighted by atomic mass is 16.7. The molecule has 13 nitrogen and oxygen atoms in total. The summed E-state index contributed by atoms with van der Waals surface area (Å²) in [7, 11) is 0. The number of benzene rings is 1. The second kappa shape index (κ2) is 11.0. The van der Waals surface area contributed by atoms with Gasteiger partial charge in [-0.2, -0.15) is 0 Å². The van der Waals surface area contributed by atoms with Crippen molar-refractivity contribution in [3.63, 3.8) is 0 Å². The topological polar surface area (TPSA) is 208 Å². The van der Waals surface area contributed by atoms with E-state index in [1.807, 2.05) is 0 Å². The zero-order chi connectivity index (χ0) is 24.3. The number of aliphatic hydroxyl groups excluding tert-OH is 7. The Morgan fingerprint density at radius 2 is 1.42 bits per heavy atom. The lowest BCUT2D eigenvalue weighted by molar-refractivity contribution is -0.352. The number of aliphatic hydroxyl groups is 7. The van der Waals surface area contributed by atoms with Gasteiger partial charge in [-0.3, -0.25) is 4.79 Å². The smallest absolute Gasteiger partial charge is 0.229 e. The second-order valence-corrected chi connectivity index (χ2v) is 7.83. The molecular weight excluding hydrogens is 446 g/mol. The van der Waals surface area contributed by atoms with Gasteiger partial charge in [-0.15, -0.1) is 0 Å². The third kappa shape index (κ3) is 5.78. The average molecular weight is 475 g/mol. The molecule has 0 spiro atoms. The third-order valence-corrected chi connectivity index (χ3v) is 5.39. The Hall–Kier alpha value is -1.91. The van der Waals surface area contributed by atoms with Gasteiger partial charge >= 0.3 is 0 Å². The van der Waals surface area contributed by atoms with Crippen molar-refractivity contribution in [2.45, 2.75) is 68.3 Å². The Labute approximate surface area is 188 Å². The summed E-state index contributed by atoms with van der Waals surface area (Å²) in [6.07, 6.45) is -15.3. The van der Waals surface area contributed by atoms with Crippen LogP contribution in [0.25, 0.3) is 0 Å². The first kappa shape index (κ1) is 25.7. The summed E-state index contributed by atoms with van der Waals surface area (Å²) in [5, 5.41) is 72.6. The molecule has 10 atom stereocenters. The SMILES string of the molecule is CC(=O)Nc1ccc(O[C@H]2O[C@H](CO)[C@@H](O[C@H]3O[C@H](CO)[C@@H](O)[C@H](O)[C@H]3O)[C@H](O)[C@@H]2O)cc1. The number of amides is 1. The van der Waals surface area contributed by atoms with Crippen LogP contribution in [-0.2, 0) is 19.0 Å². The molecular formula is C20H29NO12. The Kier molecular flexibility index (Phi) is 8.58. The van der Waals surface area contributed by atoms with E-state index in [-0.39, 0.29) is 11.7 Å². The second-order valence-electron chi connectivity index (χ2n) is 7.83. The summed E-state index contributed by atoms with van der Waals surface area (Å²) < 4.78 is 21.8. The van der Waals surface area contributed by atoms with Crippen LogP contribution < -0.4 is 10.1 Å². The molecule has 33 heavy (non-hydrogen) atoms. The predicted octanol–water partition coefficient (Wildman–Crippen LogP) is -3.35. The third-order valence-electron chi connectivity index (χ3n) is 5.39. The predicted molar refractivity (Wildman–Crippen MR) is 108 cm³/mol. The first-order valence-electron chi connectivity index (χ1n) is 10.3. The number of carbonyl (C=O) groups is 1. The summed E-state index contributed by atoms with van der Waals surface area (Å²) in [4.78, 5) is 11.1. The van der Waals surface area contributed by atoms with E-state index >= 15 is 0 Å². The van der Waals surface area contributed by atoms with Crippen LogP contribution in [-0.4, -0.2) is 116 Å². The van der Waals surface area contributed by atoms with Gasteiger partial charge in [0.2, 0.25) is 12.2 Å². The van der Waals surface area contributed by atoms with Crippen molar-refractivity contribution in [1.82, 2.24) is 0 Å². The minimum Gasteiger partial charge on any atom is -0.462 e. The molecule has 1 aromatic carbocycles. The van der Waals surface area contributed by atoms with Crippen LogP contribution in [0.2, 0.25) is 0 Å². The van der Waals surface area contributed by atoms with E-state index in [1.54, 1.807) is 12.1 Å². The first-order chi connectivity index (χ1) is 15.7. The Morgan fingerprint density at radius 3 is 2.00 bits per heavy atom. The molecule has 0 bridgehead atoms. The van der Waals surface area contributed by atoms with Gasteiger partial charge in [0.05, 0.1) is 13.2 Å². The van der Waals surface area contributed by atoms with E-state index in [0.717, 1.165) is 0 Å². The van der Waals surface area contributed by atoms with Crippen LogP contribution in [0.5, 0.6) is 5.75 Å². The van der Waals surface area contributed by atoms with Crippen molar-refractivity contribution in [3.8, 4) is 5.75 Å². The van der Waals surface area contributed by atoms with E-state index < -0.39 is 74.6 Å². The minimum atomic E-state index is -1.75. The monoisotopic (exact) mass is 475 g/mol. The largest absolute Gasteiger partial charge is 0.462 e. The number of hydrogen-bond donors (Lipinski definition) is 8. The molecule has 0 unspecified atom stereocenters. The summed E-state index contributed by atoms with van der Waals surface area (Å²) in [5.74, 6) is -0.0144. The molecule has 0 saturated carbocycles. The zero-order valence-electron chi connectivity index (χ0n) is 17.7. The number of nitrogens with one attached hydrogen (secondary N) is 1. The molecule has 2 fully saturated rings. The summed E-state index contributed by atoms with van der Waals surface area (Å²) in [5.41, 5.74) is 0.515. The maximum Gasteiger partial charge on any atom is 0.229 e. The Balaban J connectivity index is 1.68. The molecule has 0 aliphatic carbocycles. The molecule has 2 aliphatic heterocycles. The van der Waals surface area contributed by atoms with Crippen LogP contribution >= 0.6 is 0 Å². The molecule has 2 heterocycles. The molecule has 3 rings (SSSR count). The first-order valence-corrected chi connectivity index (χ1v) is 10.3. The minimum absolute atomic E-state index is 0.241. The van der Waals surface area contributed by atoms with Crippen LogP contribution in [0, 0.1) is 0 Å². The van der Waals surface area contributed by atoms with E-state index in [0.29, 0.717) is 5.69 Å². The van der Waals surface area contributed by atoms with E-state index in [2.05, 4.69) is 5.32 Å². The lowest BCUT2D eigenvalue weighted by Crippen LogP contribution is -2.65. The highest BCUT2D eigenvalue weighted by molar-refractivity contribution is 5.88. The number of rotatable bonds is 7. The molecule has 8 N–H and O–H groups in total. The molecule has 186 valence electrons. The van der Waals surface area contributed by atoms with Crippen molar-refractivity contribution < 1.29 is 59.5 Å². The van der Waals surface area contributed by atoms with Crippen molar-refractivity contribution in [2.24, 2.45) is 0 Å². The lowest BCUT2D eigenvalue weighted by Gasteiger charge is -2.45. The van der Waals surface area contributed by atoms with Crippen molar-refractivity contribution >= 4 is 11.6 Å². The molecule has 0 radical (unpaired) electrons. The van der Waals surface area contributed by atoms with Gasteiger partial charge in [-0.05, 0) is 24.3 Å². The van der Waals surface area contributed by atoms with Gasteiger partial charge in [0.1, 0.15) is 54.6 Å². The maximum absolute atomic E-state index is 11.1. The molecule has 2 aliphatic rings. The summed E-state index contributed by atoms with van der Waals surface area (Å²) in [6.45, 7) is 0.000118. The lowest BCUT2D eigenvalue weighted by atomic mass is 9.97. The molecule has 1 amide bonds. The Bertz CT molecular complexity index is 775. The van der Waals surface area contributed by atoms with E-state index in [9.17, 15) is 40.5 Å². The Morgan fingerprint density at radius 1 is 0.848 bits per heavy atom. The van der Waals surface area contributed by atoms with Gasteiger partial charge in [0.15, 0.2) is 6.29 Å². The van der Waals surface area contributed by atoms with Gasteiger partial charge in [-0.1, -0.05) is 0 Å². The fourth-order valence-electron chi connectivity index (χ4n) is 3.61. The van der Waals surface area contributed by atoms with Crippen molar-refractivity contribution in [1.29, 1.82) is 0 Å². The van der Waals surface area contributed by atoms with Crippen LogP contribution in [0.15, 0.2) is 24.3 Å².